The number of methoxy groups -OCH3 is 2. The van der Waals surface area contributed by atoms with E-state index in [4.69, 9.17) is 9.47 Å². The highest BCUT2D eigenvalue weighted by Gasteiger charge is 2.37. The summed E-state index contributed by atoms with van der Waals surface area (Å²) in [6.45, 7) is 2.38. The topological polar surface area (TPSA) is 97.1 Å². The summed E-state index contributed by atoms with van der Waals surface area (Å²) in [5, 5.41) is 14.5. The molecule has 5 rings (SSSR count). The number of halogens is 3. The zero-order chi connectivity index (χ0) is 28.8. The van der Waals surface area contributed by atoms with Gasteiger partial charge in [-0.3, -0.25) is 9.59 Å². The smallest absolute Gasteiger partial charge is 0.418 e. The molecule has 2 aliphatic heterocycles. The van der Waals surface area contributed by atoms with Crippen LogP contribution in [0.4, 0.5) is 24.5 Å². The average Bonchev–Trinajstić information content (AvgIpc) is 3.54. The molecule has 0 aliphatic carbocycles. The number of alkyl halides is 3. The number of aliphatic hydroxyl groups excluding tert-OH is 1. The maximum absolute atomic E-state index is 14.3. The minimum absolute atomic E-state index is 0.0645. The van der Waals surface area contributed by atoms with Crippen LogP contribution in [0.3, 0.4) is 0 Å². The van der Waals surface area contributed by atoms with Crippen molar-refractivity contribution in [3.8, 4) is 28.4 Å². The van der Waals surface area contributed by atoms with Gasteiger partial charge in [-0.25, -0.2) is 0 Å². The van der Waals surface area contributed by atoms with Crippen LogP contribution in [0.25, 0.3) is 16.9 Å². The van der Waals surface area contributed by atoms with Gasteiger partial charge in [-0.15, -0.1) is 0 Å². The summed E-state index contributed by atoms with van der Waals surface area (Å²) in [6.07, 6.45) is -4.52. The first-order chi connectivity index (χ1) is 19.0. The SMILES string of the molecule is COc1cc(OC)cc(-c2nn(-c3cc(N4CCC(O)C4)ccc3C(F)(F)F)c(=O)c3c2CCN3CC(C)=O)c1. The second-order valence-electron chi connectivity index (χ2n) is 9.96. The highest BCUT2D eigenvalue weighted by molar-refractivity contribution is 5.83. The predicted octanol–water partition coefficient (Wildman–Crippen LogP) is 3.46. The van der Waals surface area contributed by atoms with E-state index in [0.29, 0.717) is 54.2 Å². The maximum atomic E-state index is 14.3. The van der Waals surface area contributed by atoms with Gasteiger partial charge in [0.15, 0.2) is 0 Å². The molecule has 1 N–H and O–H groups in total. The van der Waals surface area contributed by atoms with E-state index in [9.17, 15) is 27.9 Å². The van der Waals surface area contributed by atoms with Gasteiger partial charge in [-0.2, -0.15) is 23.0 Å². The molecule has 0 amide bonds. The normalized spacial score (nSPS) is 16.8. The number of ketones is 1. The van der Waals surface area contributed by atoms with Crippen molar-refractivity contribution >= 4 is 17.2 Å². The van der Waals surface area contributed by atoms with Gasteiger partial charge in [0.2, 0.25) is 0 Å². The molecule has 0 radical (unpaired) electrons. The minimum atomic E-state index is -4.78. The number of Topliss-reactive ketones (excluding diaryl/α,β-unsaturated/α-hetero) is 1. The van der Waals surface area contributed by atoms with Gasteiger partial charge in [0.05, 0.1) is 43.8 Å². The molecule has 1 fully saturated rings. The monoisotopic (exact) mass is 558 g/mol. The van der Waals surface area contributed by atoms with Gasteiger partial charge < -0.3 is 24.4 Å². The molecular formula is C28H29F3N4O5. The highest BCUT2D eigenvalue weighted by atomic mass is 19.4. The molecule has 0 bridgehead atoms. The van der Waals surface area contributed by atoms with E-state index in [1.807, 2.05) is 0 Å². The van der Waals surface area contributed by atoms with Gasteiger partial charge in [0, 0.05) is 42.5 Å². The number of ether oxygens (including phenoxy) is 2. The summed E-state index contributed by atoms with van der Waals surface area (Å²) >= 11 is 0. The first-order valence-corrected chi connectivity index (χ1v) is 12.8. The molecular weight excluding hydrogens is 529 g/mol. The molecule has 3 aromatic rings. The van der Waals surface area contributed by atoms with Gasteiger partial charge in [0.1, 0.15) is 23.0 Å². The fourth-order valence-electron chi connectivity index (χ4n) is 5.34. The molecule has 1 unspecified atom stereocenters. The molecule has 1 saturated heterocycles. The van der Waals surface area contributed by atoms with Crippen LogP contribution < -0.4 is 24.8 Å². The Bertz CT molecular complexity index is 1500. The molecule has 2 aromatic carbocycles. The average molecular weight is 559 g/mol. The minimum Gasteiger partial charge on any atom is -0.497 e. The Hall–Kier alpha value is -4.06. The maximum Gasteiger partial charge on any atom is 0.418 e. The van der Waals surface area contributed by atoms with Crippen LogP contribution >= 0.6 is 0 Å². The van der Waals surface area contributed by atoms with Gasteiger partial charge in [0.25, 0.3) is 5.56 Å². The Morgan fingerprint density at radius 2 is 1.80 bits per heavy atom. The molecule has 3 heterocycles. The zero-order valence-corrected chi connectivity index (χ0v) is 22.3. The number of aromatic nitrogens is 2. The van der Waals surface area contributed by atoms with Crippen molar-refractivity contribution in [2.24, 2.45) is 0 Å². The number of benzene rings is 2. The molecule has 1 aromatic heterocycles. The summed E-state index contributed by atoms with van der Waals surface area (Å²) in [7, 11) is 2.95. The molecule has 12 heteroatoms. The lowest BCUT2D eigenvalue weighted by molar-refractivity contribution is -0.137. The number of rotatable bonds is 7. The second kappa shape index (κ2) is 10.5. The van der Waals surface area contributed by atoms with E-state index in [1.54, 1.807) is 28.0 Å². The quantitative estimate of drug-likeness (QED) is 0.471. The van der Waals surface area contributed by atoms with Crippen LogP contribution in [0.1, 0.15) is 24.5 Å². The molecule has 9 nitrogen and oxygen atoms in total. The van der Waals surface area contributed by atoms with E-state index in [-0.39, 0.29) is 30.3 Å². The van der Waals surface area contributed by atoms with Crippen LogP contribution in [-0.4, -0.2) is 67.2 Å². The molecule has 0 spiro atoms. The summed E-state index contributed by atoms with van der Waals surface area (Å²) in [5.74, 6) is 0.685. The number of carbonyl (C=O) groups excluding carboxylic acids is 1. The molecule has 0 saturated carbocycles. The number of fused-ring (bicyclic) bond motifs is 1. The van der Waals surface area contributed by atoms with Crippen molar-refractivity contribution in [1.82, 2.24) is 9.78 Å². The molecule has 40 heavy (non-hydrogen) atoms. The van der Waals surface area contributed by atoms with Crippen molar-refractivity contribution < 1.29 is 32.5 Å². The third-order valence-corrected chi connectivity index (χ3v) is 7.20. The van der Waals surface area contributed by atoms with Gasteiger partial charge in [-0.1, -0.05) is 0 Å². The van der Waals surface area contributed by atoms with E-state index in [1.165, 1.54) is 33.3 Å². The number of hydrogen-bond acceptors (Lipinski definition) is 8. The van der Waals surface area contributed by atoms with E-state index >= 15 is 0 Å². The first kappa shape index (κ1) is 27.5. The fourth-order valence-corrected chi connectivity index (χ4v) is 5.34. The number of nitrogens with zero attached hydrogens (tertiary/aromatic N) is 4. The Morgan fingerprint density at radius 1 is 1.10 bits per heavy atom. The standard InChI is InChI=1S/C28H29F3N4O5/c1-16(36)14-34-9-7-22-25(17-10-20(39-2)13-21(11-17)40-3)32-35(27(38)26(22)34)24-12-18(33-8-6-19(37)15-33)4-5-23(24)28(29,30)31/h4-5,10-13,19,37H,6-9,14-15H2,1-3H3. The zero-order valence-electron chi connectivity index (χ0n) is 22.3. The third kappa shape index (κ3) is 5.10. The lowest BCUT2D eigenvalue weighted by Crippen LogP contribution is -2.34. The van der Waals surface area contributed by atoms with Gasteiger partial charge >= 0.3 is 6.18 Å². The van der Waals surface area contributed by atoms with Crippen molar-refractivity contribution in [1.29, 1.82) is 0 Å². The van der Waals surface area contributed by atoms with Crippen LogP contribution in [0.2, 0.25) is 0 Å². The predicted molar refractivity (Wildman–Crippen MR) is 143 cm³/mol. The van der Waals surface area contributed by atoms with E-state index in [0.717, 1.165) is 10.7 Å². The highest BCUT2D eigenvalue weighted by Crippen LogP contribution is 2.39. The Kier molecular flexibility index (Phi) is 7.21. The second-order valence-corrected chi connectivity index (χ2v) is 9.96. The third-order valence-electron chi connectivity index (χ3n) is 7.20. The fraction of sp³-hybridized carbons (Fsp3) is 0.393. The largest absolute Gasteiger partial charge is 0.497 e. The molecule has 212 valence electrons. The van der Waals surface area contributed by atoms with Crippen LogP contribution in [-0.2, 0) is 17.4 Å². The lowest BCUT2D eigenvalue weighted by Gasteiger charge is -2.23. The van der Waals surface area contributed by atoms with E-state index < -0.39 is 29.1 Å². The molecule has 1 atom stereocenters. The molecule has 2 aliphatic rings. The summed E-state index contributed by atoms with van der Waals surface area (Å²) in [5.41, 5.74) is -0.357. The van der Waals surface area contributed by atoms with Crippen LogP contribution in [0.15, 0.2) is 41.2 Å². The van der Waals surface area contributed by atoms with Crippen molar-refractivity contribution in [3.63, 3.8) is 0 Å². The Balaban J connectivity index is 1.80. The number of carbonyl (C=O) groups is 1. The number of anilines is 2. The van der Waals surface area contributed by atoms with Crippen molar-refractivity contribution in [2.75, 3.05) is 50.2 Å². The summed E-state index contributed by atoms with van der Waals surface area (Å²) in [4.78, 5) is 29.3. The Labute approximate surface area is 228 Å². The lowest BCUT2D eigenvalue weighted by atomic mass is 10.0. The van der Waals surface area contributed by atoms with Crippen LogP contribution in [0, 0.1) is 0 Å². The van der Waals surface area contributed by atoms with Crippen molar-refractivity contribution in [3.05, 3.63) is 57.9 Å². The first-order valence-electron chi connectivity index (χ1n) is 12.8. The van der Waals surface area contributed by atoms with Gasteiger partial charge in [-0.05, 0) is 50.1 Å². The number of hydrogen-bond donors (Lipinski definition) is 1. The van der Waals surface area contributed by atoms with Crippen molar-refractivity contribution in [2.45, 2.75) is 32.0 Å². The van der Waals surface area contributed by atoms with Crippen LogP contribution in [0.5, 0.6) is 11.5 Å². The number of β-amino-alcohol motifs (C(OH)–C–C–N with tert-alkyl or cyclic N) is 1. The number of aliphatic hydroxyl groups is 1. The summed E-state index contributed by atoms with van der Waals surface area (Å²) < 4.78 is 54.4. The summed E-state index contributed by atoms with van der Waals surface area (Å²) in [6, 6.07) is 8.52. The van der Waals surface area contributed by atoms with E-state index in [2.05, 4.69) is 5.10 Å². The Morgan fingerprint density at radius 3 is 2.38 bits per heavy atom.